The van der Waals surface area contributed by atoms with E-state index in [-0.39, 0.29) is 18.4 Å². The van der Waals surface area contributed by atoms with Crippen LogP contribution in [0.5, 0.6) is 0 Å². The summed E-state index contributed by atoms with van der Waals surface area (Å²) in [5, 5.41) is 26.7. The summed E-state index contributed by atoms with van der Waals surface area (Å²) in [5.74, 6) is -7.48. The Labute approximate surface area is 291 Å². The Morgan fingerprint density at radius 1 is 0.980 bits per heavy atom. The lowest BCUT2D eigenvalue weighted by atomic mass is 9.34. The maximum absolute atomic E-state index is 13.8. The van der Waals surface area contributed by atoms with Crippen molar-refractivity contribution in [1.82, 2.24) is 0 Å². The highest BCUT2D eigenvalue weighted by atomic mass is 16.9. The van der Waals surface area contributed by atoms with Crippen molar-refractivity contribution in [3.63, 3.8) is 0 Å². The Balaban J connectivity index is 1.49. The summed E-state index contributed by atoms with van der Waals surface area (Å²) in [6.45, 7) is 9.79. The summed E-state index contributed by atoms with van der Waals surface area (Å²) in [4.78, 5) is 66.0. The van der Waals surface area contributed by atoms with Crippen molar-refractivity contribution in [1.29, 1.82) is 0 Å². The Hall–Kier alpha value is -3.83. The number of cyclic esters (lactones) is 1. The highest BCUT2D eigenvalue weighted by Gasteiger charge is 3.03. The molecule has 4 heterocycles. The number of hydrogen-bond donors (Lipinski definition) is 2. The average molecular weight is 717 g/mol. The fourth-order valence-corrected chi connectivity index (χ4v) is 12.1. The smallest absolute Gasteiger partial charge is 0.347 e. The molecule has 0 aromatic carbocycles. The molecular weight excluding hydrogens is 676 g/mol. The molecule has 0 amide bonds. The minimum atomic E-state index is -2.51. The van der Waals surface area contributed by atoms with Crippen LogP contribution in [-0.4, -0.2) is 100.0 Å². The Morgan fingerprint density at radius 3 is 2.25 bits per heavy atom. The number of rotatable bonds is 6. The minimum Gasteiger partial charge on any atom is -0.472 e. The lowest BCUT2D eigenvalue weighted by Crippen LogP contribution is -2.93. The van der Waals surface area contributed by atoms with Gasteiger partial charge in [0.25, 0.3) is 5.97 Å². The average Bonchev–Trinajstić information content (AvgIpc) is 3.79. The summed E-state index contributed by atoms with van der Waals surface area (Å²) in [6.07, 6.45) is -3.89. The predicted molar refractivity (Wildman–Crippen MR) is 162 cm³/mol. The monoisotopic (exact) mass is 716 g/mol. The number of ether oxygens (including phenoxy) is 8. The molecule has 16 nitrogen and oxygen atoms in total. The zero-order valence-corrected chi connectivity index (χ0v) is 29.3. The molecular formula is C35H40O16. The molecule has 4 bridgehead atoms. The molecule has 1 aromatic heterocycles. The number of esters is 5. The molecule has 2 saturated heterocycles. The number of methoxy groups -OCH3 is 1. The van der Waals surface area contributed by atoms with E-state index in [9.17, 15) is 34.2 Å². The van der Waals surface area contributed by atoms with Crippen molar-refractivity contribution >= 4 is 29.8 Å². The summed E-state index contributed by atoms with van der Waals surface area (Å²) in [5.41, 5.74) is -13.2. The van der Waals surface area contributed by atoms with Crippen LogP contribution in [0.4, 0.5) is 0 Å². The quantitative estimate of drug-likeness (QED) is 0.314. The van der Waals surface area contributed by atoms with Crippen molar-refractivity contribution in [2.45, 2.75) is 120 Å². The lowest BCUT2D eigenvalue weighted by molar-refractivity contribution is -0.449. The third kappa shape index (κ3) is 3.47. The molecule has 16 heteroatoms. The molecule has 2 N–H and O–H groups in total. The number of carbonyl (C=O) groups is 5. The Kier molecular flexibility index (Phi) is 6.57. The van der Waals surface area contributed by atoms with Gasteiger partial charge in [-0.2, -0.15) is 0 Å². The molecule has 1 spiro atoms. The molecule has 51 heavy (non-hydrogen) atoms. The van der Waals surface area contributed by atoms with E-state index < -0.39 is 111 Å². The SMILES string of the molecule is COC(=O)[C@@H](OC(C)=O)C1[C@@]2(C)[C@@]3(O)C[C@@]1(C)[C@@H](OC(C)=O)[C@@]3(O)[C@@H]1O[C@]3(C)O[C@]24C[C@@H](OC(C)=O)[C@@]2(C)C(=CC(=O)O[C@H]2c2ccoc2)[C@]14O3. The predicted octanol–water partition coefficient (Wildman–Crippen LogP) is 1.30. The summed E-state index contributed by atoms with van der Waals surface area (Å²) < 4.78 is 54.5. The number of hydrogen-bond acceptors (Lipinski definition) is 16. The fourth-order valence-electron chi connectivity index (χ4n) is 12.1. The molecule has 7 aliphatic rings. The number of furan rings is 1. The van der Waals surface area contributed by atoms with Crippen LogP contribution in [0, 0.1) is 22.2 Å². The van der Waals surface area contributed by atoms with Crippen molar-refractivity contribution in [3.05, 3.63) is 35.8 Å². The third-order valence-electron chi connectivity index (χ3n) is 13.4. The zero-order chi connectivity index (χ0) is 37.1. The van der Waals surface area contributed by atoms with E-state index in [1.54, 1.807) is 26.8 Å². The van der Waals surface area contributed by atoms with Gasteiger partial charge >= 0.3 is 29.8 Å². The molecule has 276 valence electrons. The van der Waals surface area contributed by atoms with E-state index in [4.69, 9.17) is 42.3 Å². The standard InChI is InChI=1S/C35H40O16/c1-15(36)45-20-12-33-30(6)23(22(25(40)43-8)46-16(2)37)28(4)14-32(30,41)34(42,26(28)47-17(3)38)27-35(33,51-31(7,49-27)50-33)19-11-21(39)48-24(29(19,20)5)18-9-10-44-13-18/h9-11,13,20,22-24,26-27,41-42H,12,14H2,1-8H3/t20-,22+,23?,24+,26-,27+,28-,29-,30+,31-,32+,33-,34-,35+/m1/s1. The largest absolute Gasteiger partial charge is 0.472 e. The van der Waals surface area contributed by atoms with E-state index in [0.29, 0.717) is 5.56 Å². The first-order chi connectivity index (χ1) is 23.7. The van der Waals surface area contributed by atoms with Crippen molar-refractivity contribution in [3.8, 4) is 0 Å². The highest BCUT2D eigenvalue weighted by Crippen LogP contribution is 2.88. The summed E-state index contributed by atoms with van der Waals surface area (Å²) in [7, 11) is 1.10. The van der Waals surface area contributed by atoms with E-state index in [1.807, 2.05) is 0 Å². The van der Waals surface area contributed by atoms with Crippen LogP contribution >= 0.6 is 0 Å². The van der Waals surface area contributed by atoms with Crippen LogP contribution in [0.25, 0.3) is 0 Å². The molecule has 1 aromatic rings. The molecule has 1 unspecified atom stereocenters. The first kappa shape index (κ1) is 34.3. The van der Waals surface area contributed by atoms with E-state index >= 15 is 0 Å². The number of aliphatic hydroxyl groups is 2. The molecule has 4 saturated carbocycles. The van der Waals surface area contributed by atoms with Gasteiger partial charge in [0, 0.05) is 62.5 Å². The van der Waals surface area contributed by atoms with Crippen LogP contribution in [-0.2, 0) is 61.9 Å². The van der Waals surface area contributed by atoms with Gasteiger partial charge in [0.05, 0.1) is 25.1 Å². The van der Waals surface area contributed by atoms with Gasteiger partial charge in [0.1, 0.15) is 35.6 Å². The van der Waals surface area contributed by atoms with E-state index in [2.05, 4.69) is 0 Å². The fraction of sp³-hybridized carbons (Fsp3) is 0.686. The van der Waals surface area contributed by atoms with Gasteiger partial charge in [0.15, 0.2) is 11.2 Å². The van der Waals surface area contributed by atoms with Gasteiger partial charge in [-0.3, -0.25) is 14.4 Å². The van der Waals surface area contributed by atoms with Gasteiger partial charge in [-0.25, -0.2) is 9.59 Å². The Morgan fingerprint density at radius 2 is 1.67 bits per heavy atom. The first-order valence-electron chi connectivity index (χ1n) is 16.7. The van der Waals surface area contributed by atoms with Crippen LogP contribution in [0.2, 0.25) is 0 Å². The van der Waals surface area contributed by atoms with Crippen molar-refractivity contribution in [2.75, 3.05) is 7.11 Å². The summed E-state index contributed by atoms with van der Waals surface area (Å²) in [6, 6.07) is 1.59. The second-order valence-corrected chi connectivity index (χ2v) is 15.7. The second kappa shape index (κ2) is 9.77. The van der Waals surface area contributed by atoms with Crippen LogP contribution in [0.3, 0.4) is 0 Å². The summed E-state index contributed by atoms with van der Waals surface area (Å²) >= 11 is 0. The number of carbonyl (C=O) groups excluding carboxylic acids is 5. The van der Waals surface area contributed by atoms with Gasteiger partial charge < -0.3 is 52.5 Å². The third-order valence-corrected chi connectivity index (χ3v) is 13.4. The van der Waals surface area contributed by atoms with Crippen LogP contribution in [0.15, 0.2) is 34.7 Å². The molecule has 6 fully saturated rings. The maximum Gasteiger partial charge on any atom is 0.347 e. The van der Waals surface area contributed by atoms with E-state index in [1.165, 1.54) is 32.4 Å². The maximum atomic E-state index is 13.8. The van der Waals surface area contributed by atoms with Crippen LogP contribution in [0.1, 0.15) is 73.0 Å². The molecule has 14 atom stereocenters. The second-order valence-electron chi connectivity index (χ2n) is 15.7. The van der Waals surface area contributed by atoms with Gasteiger partial charge in [-0.05, 0) is 25.0 Å². The van der Waals surface area contributed by atoms with Gasteiger partial charge in [0.2, 0.25) is 6.10 Å². The Bertz CT molecular complexity index is 1820. The molecule has 0 radical (unpaired) electrons. The van der Waals surface area contributed by atoms with Gasteiger partial charge in [-0.15, -0.1) is 0 Å². The van der Waals surface area contributed by atoms with E-state index in [0.717, 1.165) is 21.0 Å². The number of fused-ring (bicyclic) bond motifs is 4. The highest BCUT2D eigenvalue weighted by molar-refractivity contribution is 5.86. The van der Waals surface area contributed by atoms with Crippen molar-refractivity contribution in [2.24, 2.45) is 22.2 Å². The molecule has 3 aliphatic heterocycles. The van der Waals surface area contributed by atoms with Gasteiger partial charge in [-0.1, -0.05) is 13.8 Å². The normalized spacial score (nSPS) is 50.0. The molecule has 4 aliphatic carbocycles. The lowest BCUT2D eigenvalue weighted by Gasteiger charge is -2.76. The zero-order valence-electron chi connectivity index (χ0n) is 29.3. The first-order valence-corrected chi connectivity index (χ1v) is 16.7. The topological polar surface area (TPSA) is 213 Å². The van der Waals surface area contributed by atoms with Crippen LogP contribution < -0.4 is 0 Å². The molecule has 8 rings (SSSR count). The van der Waals surface area contributed by atoms with Crippen molar-refractivity contribution < 1.29 is 76.5 Å². The minimum absolute atomic E-state index is 0.140.